The standard InChI is InChI=1S/C18H14F3NO5/c19-18(20,21)11-22(9-14-2-1-7-25-14)16(23)10-26-13-5-3-12-4-6-17(24)27-15(12)8-13/h1-8H,9-11H2. The number of furan rings is 1. The molecule has 0 bridgehead atoms. The highest BCUT2D eigenvalue weighted by molar-refractivity contribution is 5.79. The number of halogens is 3. The largest absolute Gasteiger partial charge is 0.484 e. The Labute approximate surface area is 150 Å². The average Bonchev–Trinajstić information content (AvgIpc) is 3.10. The molecule has 0 unspecified atom stereocenters. The molecule has 142 valence electrons. The molecule has 2 heterocycles. The first-order valence-corrected chi connectivity index (χ1v) is 7.84. The number of fused-ring (bicyclic) bond motifs is 1. The zero-order chi connectivity index (χ0) is 19.4. The molecule has 0 aliphatic carbocycles. The average molecular weight is 381 g/mol. The molecule has 6 nitrogen and oxygen atoms in total. The first kappa shape index (κ1) is 18.6. The summed E-state index contributed by atoms with van der Waals surface area (Å²) in [5.41, 5.74) is -0.305. The van der Waals surface area contributed by atoms with Crippen LogP contribution in [-0.2, 0) is 11.3 Å². The van der Waals surface area contributed by atoms with Gasteiger partial charge >= 0.3 is 11.8 Å². The minimum Gasteiger partial charge on any atom is -0.484 e. The number of nitrogens with zero attached hydrogens (tertiary/aromatic N) is 1. The molecule has 3 rings (SSSR count). The molecule has 27 heavy (non-hydrogen) atoms. The van der Waals surface area contributed by atoms with Gasteiger partial charge in [-0.2, -0.15) is 13.2 Å². The van der Waals surface area contributed by atoms with E-state index in [4.69, 9.17) is 13.6 Å². The van der Waals surface area contributed by atoms with E-state index in [1.54, 1.807) is 12.1 Å². The third kappa shape index (κ3) is 5.13. The Morgan fingerprint density at radius 1 is 1.15 bits per heavy atom. The highest BCUT2D eigenvalue weighted by atomic mass is 19.4. The van der Waals surface area contributed by atoms with E-state index in [-0.39, 0.29) is 23.6 Å². The minimum atomic E-state index is -4.56. The van der Waals surface area contributed by atoms with Crippen LogP contribution in [0.3, 0.4) is 0 Å². The van der Waals surface area contributed by atoms with Gasteiger partial charge < -0.3 is 18.5 Å². The van der Waals surface area contributed by atoms with E-state index in [9.17, 15) is 22.8 Å². The van der Waals surface area contributed by atoms with Gasteiger partial charge in [-0.25, -0.2) is 4.79 Å². The van der Waals surface area contributed by atoms with Crippen LogP contribution in [0.4, 0.5) is 13.2 Å². The van der Waals surface area contributed by atoms with Crippen molar-refractivity contribution in [3.05, 3.63) is 64.9 Å². The lowest BCUT2D eigenvalue weighted by molar-refractivity contribution is -0.164. The first-order valence-electron chi connectivity index (χ1n) is 7.84. The van der Waals surface area contributed by atoms with Crippen LogP contribution in [0.5, 0.6) is 5.75 Å². The van der Waals surface area contributed by atoms with Crippen LogP contribution in [0.2, 0.25) is 0 Å². The van der Waals surface area contributed by atoms with Crippen LogP contribution >= 0.6 is 0 Å². The van der Waals surface area contributed by atoms with Gasteiger partial charge in [-0.1, -0.05) is 0 Å². The van der Waals surface area contributed by atoms with Crippen molar-refractivity contribution < 1.29 is 31.5 Å². The Kier molecular flexibility index (Phi) is 5.20. The van der Waals surface area contributed by atoms with Gasteiger partial charge in [-0.15, -0.1) is 0 Å². The molecular weight excluding hydrogens is 367 g/mol. The lowest BCUT2D eigenvalue weighted by Gasteiger charge is -2.23. The van der Waals surface area contributed by atoms with Gasteiger partial charge in [0, 0.05) is 17.5 Å². The van der Waals surface area contributed by atoms with Crippen LogP contribution in [0, 0.1) is 0 Å². The molecule has 0 atom stereocenters. The van der Waals surface area contributed by atoms with E-state index in [0.29, 0.717) is 10.3 Å². The predicted molar refractivity (Wildman–Crippen MR) is 88.2 cm³/mol. The molecule has 0 radical (unpaired) electrons. The Hall–Kier alpha value is -3.23. The second-order valence-electron chi connectivity index (χ2n) is 5.69. The highest BCUT2D eigenvalue weighted by Gasteiger charge is 2.33. The number of hydrogen-bond donors (Lipinski definition) is 0. The van der Waals surface area contributed by atoms with Gasteiger partial charge in [0.2, 0.25) is 0 Å². The zero-order valence-electron chi connectivity index (χ0n) is 13.9. The fourth-order valence-electron chi connectivity index (χ4n) is 2.41. The fraction of sp³-hybridized carbons (Fsp3) is 0.222. The van der Waals surface area contributed by atoms with Gasteiger partial charge in [-0.05, 0) is 30.3 Å². The highest BCUT2D eigenvalue weighted by Crippen LogP contribution is 2.21. The third-order valence-corrected chi connectivity index (χ3v) is 3.61. The molecular formula is C18H14F3NO5. The molecule has 0 N–H and O–H groups in total. The Morgan fingerprint density at radius 3 is 2.63 bits per heavy atom. The maximum Gasteiger partial charge on any atom is 0.406 e. The second-order valence-corrected chi connectivity index (χ2v) is 5.69. The summed E-state index contributed by atoms with van der Waals surface area (Å²) < 4.78 is 53.6. The number of carbonyl (C=O) groups is 1. The monoisotopic (exact) mass is 381 g/mol. The summed E-state index contributed by atoms with van der Waals surface area (Å²) >= 11 is 0. The number of hydrogen-bond acceptors (Lipinski definition) is 5. The fourth-order valence-corrected chi connectivity index (χ4v) is 2.41. The summed E-state index contributed by atoms with van der Waals surface area (Å²) in [5.74, 6) is -0.450. The van der Waals surface area contributed by atoms with Crippen molar-refractivity contribution in [2.24, 2.45) is 0 Å². The van der Waals surface area contributed by atoms with E-state index in [0.717, 1.165) is 0 Å². The topological polar surface area (TPSA) is 72.9 Å². The van der Waals surface area contributed by atoms with Gasteiger partial charge in [0.1, 0.15) is 23.6 Å². The van der Waals surface area contributed by atoms with Crippen molar-refractivity contribution in [2.45, 2.75) is 12.7 Å². The number of amides is 1. The molecule has 0 aliphatic heterocycles. The van der Waals surface area contributed by atoms with Crippen molar-refractivity contribution in [2.75, 3.05) is 13.2 Å². The van der Waals surface area contributed by atoms with Crippen molar-refractivity contribution in [1.82, 2.24) is 4.90 Å². The lowest BCUT2D eigenvalue weighted by atomic mass is 10.2. The molecule has 0 aliphatic rings. The van der Waals surface area contributed by atoms with E-state index in [1.807, 2.05) is 0 Å². The van der Waals surface area contributed by atoms with Crippen LogP contribution < -0.4 is 10.4 Å². The maximum absolute atomic E-state index is 12.8. The molecule has 2 aromatic heterocycles. The van der Waals surface area contributed by atoms with Crippen molar-refractivity contribution >= 4 is 16.9 Å². The smallest absolute Gasteiger partial charge is 0.406 e. The van der Waals surface area contributed by atoms with E-state index in [2.05, 4.69) is 0 Å². The van der Waals surface area contributed by atoms with Crippen molar-refractivity contribution in [3.8, 4) is 5.75 Å². The first-order chi connectivity index (χ1) is 12.8. The molecule has 9 heteroatoms. The maximum atomic E-state index is 12.8. The Balaban J connectivity index is 1.70. The SMILES string of the molecule is O=C(COc1ccc2ccc(=O)oc2c1)N(Cc1ccco1)CC(F)(F)F. The summed E-state index contributed by atoms with van der Waals surface area (Å²) in [7, 11) is 0. The van der Waals surface area contributed by atoms with Gasteiger partial charge in [-0.3, -0.25) is 4.79 Å². The number of carbonyl (C=O) groups excluding carboxylic acids is 1. The number of alkyl halides is 3. The summed E-state index contributed by atoms with van der Waals surface area (Å²) in [6.45, 7) is -2.37. The van der Waals surface area contributed by atoms with Crippen molar-refractivity contribution in [1.29, 1.82) is 0 Å². The molecule has 3 aromatic rings. The van der Waals surface area contributed by atoms with E-state index >= 15 is 0 Å². The molecule has 1 amide bonds. The molecule has 1 aromatic carbocycles. The quantitative estimate of drug-likeness (QED) is 0.613. The molecule has 0 saturated heterocycles. The normalized spacial score (nSPS) is 11.5. The molecule has 0 spiro atoms. The van der Waals surface area contributed by atoms with Crippen molar-refractivity contribution in [3.63, 3.8) is 0 Å². The summed E-state index contributed by atoms with van der Waals surface area (Å²) in [4.78, 5) is 24.1. The second kappa shape index (κ2) is 7.56. The Morgan fingerprint density at radius 2 is 1.93 bits per heavy atom. The number of ether oxygens (including phenoxy) is 1. The predicted octanol–water partition coefficient (Wildman–Crippen LogP) is 3.36. The van der Waals surface area contributed by atoms with Crippen LogP contribution in [0.25, 0.3) is 11.0 Å². The summed E-state index contributed by atoms with van der Waals surface area (Å²) in [5, 5.41) is 0.643. The van der Waals surface area contributed by atoms with Crippen LogP contribution in [0.15, 0.2) is 62.4 Å². The summed E-state index contributed by atoms with van der Waals surface area (Å²) in [6, 6.07) is 10.3. The third-order valence-electron chi connectivity index (χ3n) is 3.61. The summed E-state index contributed by atoms with van der Waals surface area (Å²) in [6.07, 6.45) is -3.25. The van der Waals surface area contributed by atoms with Crippen LogP contribution in [0.1, 0.15) is 5.76 Å². The van der Waals surface area contributed by atoms with E-state index in [1.165, 1.54) is 36.6 Å². The van der Waals surface area contributed by atoms with Gasteiger partial charge in [0.05, 0.1) is 12.8 Å². The Bertz CT molecular complexity index is 979. The van der Waals surface area contributed by atoms with Crippen LogP contribution in [-0.4, -0.2) is 30.1 Å². The minimum absolute atomic E-state index is 0.190. The molecule has 0 fully saturated rings. The van der Waals surface area contributed by atoms with Gasteiger partial charge in [0.15, 0.2) is 6.61 Å². The van der Waals surface area contributed by atoms with Gasteiger partial charge in [0.25, 0.3) is 5.91 Å². The number of benzene rings is 1. The molecule has 0 saturated carbocycles. The number of rotatable bonds is 6. The lowest BCUT2D eigenvalue weighted by Crippen LogP contribution is -2.40. The van der Waals surface area contributed by atoms with E-state index < -0.39 is 30.9 Å². The zero-order valence-corrected chi connectivity index (χ0v) is 13.9.